The van der Waals surface area contributed by atoms with Crippen LogP contribution in [0.4, 0.5) is 0 Å². The summed E-state index contributed by atoms with van der Waals surface area (Å²) in [5.74, 6) is 1.15. The van der Waals surface area contributed by atoms with E-state index in [4.69, 9.17) is 0 Å². The van der Waals surface area contributed by atoms with E-state index in [0.29, 0.717) is 11.8 Å². The van der Waals surface area contributed by atoms with Gasteiger partial charge in [0.1, 0.15) is 0 Å². The predicted molar refractivity (Wildman–Crippen MR) is 38.4 cm³/mol. The summed E-state index contributed by atoms with van der Waals surface area (Å²) in [6.45, 7) is 0.897. The minimum absolute atomic E-state index is 0.259. The molecule has 0 bridgehead atoms. The van der Waals surface area contributed by atoms with Crippen LogP contribution in [0.1, 0.15) is 12.8 Å². The normalized spacial score (nSPS) is 37.4. The molecule has 1 aliphatic carbocycles. The van der Waals surface area contributed by atoms with Crippen molar-refractivity contribution < 1.29 is 4.79 Å². The molecule has 2 rings (SSSR count). The summed E-state index contributed by atoms with van der Waals surface area (Å²) in [5.41, 5.74) is 0. The van der Waals surface area contributed by atoms with Gasteiger partial charge in [0.2, 0.25) is 5.91 Å². The largest absolute Gasteiger partial charge is 0.356 e. The molecule has 2 atom stereocenters. The lowest BCUT2D eigenvalue weighted by Gasteiger charge is -2.16. The molecule has 1 fully saturated rings. The van der Waals surface area contributed by atoms with Crippen molar-refractivity contribution in [3.8, 4) is 0 Å². The Hall–Kier alpha value is -0.790. The van der Waals surface area contributed by atoms with E-state index in [-0.39, 0.29) is 5.91 Å². The third-order valence-corrected chi connectivity index (χ3v) is 2.44. The first-order chi connectivity index (χ1) is 4.88. The molecule has 2 heteroatoms. The quantitative estimate of drug-likeness (QED) is 0.489. The number of hydrogen-bond donors (Lipinski definition) is 1. The number of hydrogen-bond acceptors (Lipinski definition) is 1. The van der Waals surface area contributed by atoms with Gasteiger partial charge in [0.15, 0.2) is 0 Å². The number of fused-ring (bicyclic) bond motifs is 1. The minimum Gasteiger partial charge on any atom is -0.356 e. The van der Waals surface area contributed by atoms with Crippen molar-refractivity contribution in [1.82, 2.24) is 5.32 Å². The lowest BCUT2D eigenvalue weighted by atomic mass is 9.86. The molecule has 1 saturated heterocycles. The SMILES string of the molecule is O=C1NCC2CC=CCC12. The summed E-state index contributed by atoms with van der Waals surface area (Å²) in [6.07, 6.45) is 6.34. The molecule has 2 nitrogen and oxygen atoms in total. The van der Waals surface area contributed by atoms with Crippen molar-refractivity contribution in [2.75, 3.05) is 6.54 Å². The molecule has 1 amide bonds. The van der Waals surface area contributed by atoms with E-state index in [0.717, 1.165) is 19.4 Å². The Labute approximate surface area is 60.3 Å². The maximum Gasteiger partial charge on any atom is 0.223 e. The van der Waals surface area contributed by atoms with Gasteiger partial charge in [0.05, 0.1) is 0 Å². The molecule has 0 aromatic heterocycles. The molecule has 54 valence electrons. The van der Waals surface area contributed by atoms with Crippen LogP contribution in [-0.2, 0) is 4.79 Å². The van der Waals surface area contributed by atoms with E-state index in [1.807, 2.05) is 0 Å². The van der Waals surface area contributed by atoms with Gasteiger partial charge in [-0.2, -0.15) is 0 Å². The highest BCUT2D eigenvalue weighted by atomic mass is 16.2. The van der Waals surface area contributed by atoms with Crippen molar-refractivity contribution in [3.63, 3.8) is 0 Å². The highest BCUT2D eigenvalue weighted by Gasteiger charge is 2.33. The summed E-state index contributed by atoms with van der Waals surface area (Å²) in [6, 6.07) is 0. The standard InChI is InChI=1S/C8H11NO/c10-8-7-4-2-1-3-6(7)5-9-8/h1-2,6-7H,3-5H2,(H,9,10). The Morgan fingerprint density at radius 3 is 3.00 bits per heavy atom. The Morgan fingerprint density at radius 1 is 1.40 bits per heavy atom. The summed E-state index contributed by atoms with van der Waals surface area (Å²) in [5, 5.41) is 2.88. The van der Waals surface area contributed by atoms with Gasteiger partial charge in [-0.3, -0.25) is 4.79 Å². The molecule has 1 heterocycles. The van der Waals surface area contributed by atoms with Gasteiger partial charge in [-0.05, 0) is 18.8 Å². The minimum atomic E-state index is 0.259. The Kier molecular flexibility index (Phi) is 1.26. The monoisotopic (exact) mass is 137 g/mol. The lowest BCUT2D eigenvalue weighted by molar-refractivity contribution is -0.122. The molecule has 2 unspecified atom stereocenters. The average Bonchev–Trinajstić information content (AvgIpc) is 2.34. The summed E-state index contributed by atoms with van der Waals surface area (Å²) < 4.78 is 0. The van der Waals surface area contributed by atoms with Crippen LogP contribution >= 0.6 is 0 Å². The first-order valence-electron chi connectivity index (χ1n) is 3.80. The second kappa shape index (κ2) is 2.11. The van der Waals surface area contributed by atoms with E-state index >= 15 is 0 Å². The van der Waals surface area contributed by atoms with Crippen LogP contribution in [-0.4, -0.2) is 12.5 Å². The molecule has 0 aromatic rings. The second-order valence-corrected chi connectivity index (χ2v) is 3.05. The van der Waals surface area contributed by atoms with Crippen molar-refractivity contribution in [2.24, 2.45) is 11.8 Å². The zero-order valence-electron chi connectivity index (χ0n) is 5.84. The number of amides is 1. The second-order valence-electron chi connectivity index (χ2n) is 3.05. The zero-order valence-corrected chi connectivity index (χ0v) is 5.84. The fourth-order valence-electron chi connectivity index (χ4n) is 1.78. The van der Waals surface area contributed by atoms with Crippen LogP contribution in [0.5, 0.6) is 0 Å². The molecule has 0 radical (unpaired) electrons. The number of rotatable bonds is 0. The molecule has 1 aliphatic heterocycles. The third kappa shape index (κ3) is 0.753. The highest BCUT2D eigenvalue weighted by Crippen LogP contribution is 2.28. The zero-order chi connectivity index (χ0) is 6.97. The molecular formula is C8H11NO. The maximum atomic E-state index is 11.1. The fraction of sp³-hybridized carbons (Fsp3) is 0.625. The first-order valence-corrected chi connectivity index (χ1v) is 3.80. The van der Waals surface area contributed by atoms with Gasteiger partial charge in [0.25, 0.3) is 0 Å². The van der Waals surface area contributed by atoms with Crippen molar-refractivity contribution >= 4 is 5.91 Å². The Bertz CT molecular complexity index is 186. The van der Waals surface area contributed by atoms with Crippen LogP contribution in [0, 0.1) is 11.8 Å². The van der Waals surface area contributed by atoms with Crippen LogP contribution in [0.3, 0.4) is 0 Å². The van der Waals surface area contributed by atoms with Crippen LogP contribution in [0.15, 0.2) is 12.2 Å². The molecule has 0 spiro atoms. The predicted octanol–water partition coefficient (Wildman–Crippen LogP) is 0.699. The van der Waals surface area contributed by atoms with E-state index in [2.05, 4.69) is 17.5 Å². The van der Waals surface area contributed by atoms with Gasteiger partial charge in [-0.1, -0.05) is 12.2 Å². The average molecular weight is 137 g/mol. The Balaban J connectivity index is 2.17. The molecule has 1 N–H and O–H groups in total. The summed E-state index contributed by atoms with van der Waals surface area (Å²) in [4.78, 5) is 11.1. The lowest BCUT2D eigenvalue weighted by Crippen LogP contribution is -2.20. The van der Waals surface area contributed by atoms with Crippen molar-refractivity contribution in [3.05, 3.63) is 12.2 Å². The molecule has 10 heavy (non-hydrogen) atoms. The molecular weight excluding hydrogens is 126 g/mol. The summed E-state index contributed by atoms with van der Waals surface area (Å²) in [7, 11) is 0. The summed E-state index contributed by atoms with van der Waals surface area (Å²) >= 11 is 0. The number of nitrogens with one attached hydrogen (secondary N) is 1. The van der Waals surface area contributed by atoms with Gasteiger partial charge in [-0.25, -0.2) is 0 Å². The highest BCUT2D eigenvalue weighted by molar-refractivity contribution is 5.81. The maximum absolute atomic E-state index is 11.1. The van der Waals surface area contributed by atoms with E-state index < -0.39 is 0 Å². The smallest absolute Gasteiger partial charge is 0.223 e. The molecule has 0 saturated carbocycles. The number of carbonyl (C=O) groups is 1. The van der Waals surface area contributed by atoms with E-state index in [9.17, 15) is 4.79 Å². The van der Waals surface area contributed by atoms with E-state index in [1.54, 1.807) is 0 Å². The van der Waals surface area contributed by atoms with Crippen molar-refractivity contribution in [2.45, 2.75) is 12.8 Å². The Morgan fingerprint density at radius 2 is 2.20 bits per heavy atom. The van der Waals surface area contributed by atoms with Crippen LogP contribution in [0.25, 0.3) is 0 Å². The number of carbonyl (C=O) groups excluding carboxylic acids is 1. The fourth-order valence-corrected chi connectivity index (χ4v) is 1.78. The van der Waals surface area contributed by atoms with Gasteiger partial charge in [0, 0.05) is 12.5 Å². The number of allylic oxidation sites excluding steroid dienone is 2. The van der Waals surface area contributed by atoms with Gasteiger partial charge < -0.3 is 5.32 Å². The van der Waals surface area contributed by atoms with Gasteiger partial charge in [-0.15, -0.1) is 0 Å². The van der Waals surface area contributed by atoms with Crippen LogP contribution in [0.2, 0.25) is 0 Å². The molecule has 0 aromatic carbocycles. The first kappa shape index (κ1) is 5.96. The van der Waals surface area contributed by atoms with Gasteiger partial charge >= 0.3 is 0 Å². The molecule has 2 aliphatic rings. The van der Waals surface area contributed by atoms with Crippen LogP contribution < -0.4 is 5.32 Å². The van der Waals surface area contributed by atoms with Crippen molar-refractivity contribution in [1.29, 1.82) is 0 Å². The third-order valence-electron chi connectivity index (χ3n) is 2.44. The van der Waals surface area contributed by atoms with E-state index in [1.165, 1.54) is 0 Å². The topological polar surface area (TPSA) is 29.1 Å².